The summed E-state index contributed by atoms with van der Waals surface area (Å²) >= 11 is 51.3. The fraction of sp³-hybridized carbons (Fsp3) is 0.436. The van der Waals surface area contributed by atoms with Crippen molar-refractivity contribution < 1.29 is 85.9 Å². The minimum absolute atomic E-state index is 0.00131. The molecule has 0 radical (unpaired) electrons. The maximum Gasteiger partial charge on any atom is 0.251 e. The van der Waals surface area contributed by atoms with Crippen LogP contribution in [0.3, 0.4) is 0 Å². The van der Waals surface area contributed by atoms with E-state index < -0.39 is 39.9 Å². The number of rotatable bonds is 53. The number of carbonyl (C=O) groups excluding carboxylic acids is 3. The van der Waals surface area contributed by atoms with Crippen LogP contribution in [0, 0.1) is 0 Å². The number of Topliss-reactive ketones (excluding diaryl/α,β-unsaturated/α-hetero) is 2. The zero-order valence-corrected chi connectivity index (χ0v) is 87.9. The molecule has 140 heavy (non-hydrogen) atoms. The Bertz CT molecular complexity index is 5770. The highest BCUT2D eigenvalue weighted by atomic mass is 35.5. The number of fused-ring (bicyclic) bond motifs is 4. The van der Waals surface area contributed by atoms with Gasteiger partial charge in [-0.3, -0.25) is 14.4 Å². The molecule has 1 amide bonds. The molecule has 9 aromatic carbocycles. The van der Waals surface area contributed by atoms with E-state index in [1.807, 2.05) is 101 Å². The highest BCUT2D eigenvalue weighted by molar-refractivity contribution is 7.91. The second kappa shape index (κ2) is 54.7. The lowest BCUT2D eigenvalue weighted by Gasteiger charge is -2.33. The molecule has 27 nitrogen and oxygen atoms in total. The van der Waals surface area contributed by atoms with Crippen molar-refractivity contribution in [2.24, 2.45) is 0 Å². The van der Waals surface area contributed by atoms with Crippen LogP contribution in [0.4, 0.5) is 0 Å². The fourth-order valence-electron chi connectivity index (χ4n) is 17.3. The van der Waals surface area contributed by atoms with Crippen molar-refractivity contribution in [3.05, 3.63) is 288 Å². The highest BCUT2D eigenvalue weighted by Gasteiger charge is 2.34. The molecule has 4 heterocycles. The smallest absolute Gasteiger partial charge is 0.251 e. The molecule has 0 saturated carbocycles. The summed E-state index contributed by atoms with van der Waals surface area (Å²) in [4.78, 5) is 47.1. The van der Waals surface area contributed by atoms with E-state index in [9.17, 15) is 48.1 Å². The normalized spacial score (nSPS) is 16.5. The third-order valence-electron chi connectivity index (χ3n) is 24.4. The van der Waals surface area contributed by atoms with Crippen molar-refractivity contribution in [3.8, 4) is 0 Å². The van der Waals surface area contributed by atoms with Crippen LogP contribution in [-0.2, 0) is 109 Å². The summed E-state index contributed by atoms with van der Waals surface area (Å²) in [6, 6.07) is 48.9. The van der Waals surface area contributed by atoms with E-state index in [4.69, 9.17) is 131 Å². The van der Waals surface area contributed by atoms with Crippen LogP contribution in [0.25, 0.3) is 0 Å². The third kappa shape index (κ3) is 33.2. The molecule has 4 atom stereocenters. The molecular weight excluding hydrogens is 2040 g/mol. The Kier molecular flexibility index (Phi) is 43.7. The number of sulfonamides is 3. The molecule has 0 fully saturated rings. The number of hydrogen-bond acceptors (Lipinski definition) is 23. The number of benzene rings is 9. The minimum atomic E-state index is -3.75. The number of ketones is 2. The molecule has 0 bridgehead atoms. The van der Waals surface area contributed by atoms with Crippen molar-refractivity contribution in [2.45, 2.75) is 114 Å². The summed E-state index contributed by atoms with van der Waals surface area (Å²) in [6.07, 6.45) is 3.07. The summed E-state index contributed by atoms with van der Waals surface area (Å²) in [7, 11) is -6.61. The molecular formula is C101H120Cl8N8O19S4. The van der Waals surface area contributed by atoms with Gasteiger partial charge in [0.15, 0.2) is 15.6 Å². The Morgan fingerprint density at radius 1 is 0.307 bits per heavy atom. The first-order valence-corrected chi connectivity index (χ1v) is 55.5. The molecule has 0 aromatic heterocycles. The third-order valence-corrected chi connectivity index (χ3v) is 32.8. The van der Waals surface area contributed by atoms with Gasteiger partial charge in [0.25, 0.3) is 5.91 Å². The van der Waals surface area contributed by atoms with Crippen LogP contribution in [0.15, 0.2) is 189 Å². The van der Waals surface area contributed by atoms with Crippen molar-refractivity contribution in [1.82, 2.24) is 39.1 Å². The van der Waals surface area contributed by atoms with Gasteiger partial charge in [0.05, 0.1) is 105 Å². The van der Waals surface area contributed by atoms with Crippen molar-refractivity contribution in [3.63, 3.8) is 0 Å². The van der Waals surface area contributed by atoms with Gasteiger partial charge in [-0.25, -0.2) is 47.8 Å². The van der Waals surface area contributed by atoms with Gasteiger partial charge in [-0.2, -0.15) is 0 Å². The largest absolute Gasteiger partial charge is 0.379 e. The van der Waals surface area contributed by atoms with Gasteiger partial charge in [-0.05, 0) is 230 Å². The number of halogens is 8. The van der Waals surface area contributed by atoms with E-state index in [2.05, 4.69) is 39.1 Å². The first kappa shape index (κ1) is 112. The molecule has 4 aliphatic heterocycles. The molecule has 13 rings (SSSR count). The first-order valence-electron chi connectivity index (χ1n) is 46.4. The molecule has 758 valence electrons. The average Bonchev–Trinajstić information content (AvgIpc) is 0.784. The lowest BCUT2D eigenvalue weighted by molar-refractivity contribution is -0.119. The molecule has 0 saturated heterocycles. The molecule has 4 unspecified atom stereocenters. The second-order valence-electron chi connectivity index (χ2n) is 35.0. The zero-order chi connectivity index (χ0) is 100. The second-order valence-corrected chi connectivity index (χ2v) is 45.8. The van der Waals surface area contributed by atoms with Crippen molar-refractivity contribution >= 4 is 150 Å². The van der Waals surface area contributed by atoms with E-state index >= 15 is 0 Å². The number of likely N-dealkylation sites (N-methyl/N-ethyl adjacent to an activating group) is 4. The fourth-order valence-corrected chi connectivity index (χ4v) is 23.9. The summed E-state index contributed by atoms with van der Waals surface area (Å²) < 4.78 is 156. The first-order chi connectivity index (χ1) is 67.1. The Hall–Kier alpha value is -6.69. The molecule has 0 spiro atoms. The molecule has 4 aliphatic rings. The minimum Gasteiger partial charge on any atom is -0.379 e. The van der Waals surface area contributed by atoms with E-state index in [-0.39, 0.29) is 159 Å². The number of amides is 1. The van der Waals surface area contributed by atoms with Gasteiger partial charge in [-0.15, -0.1) is 0 Å². The number of ether oxygens (including phenoxy) is 8. The van der Waals surface area contributed by atoms with Crippen LogP contribution in [0.5, 0.6) is 0 Å². The SMILES string of the molecule is CN1Cc2c(Cl)cc(Cl)cc2C(c2ccc(S(=O)(=O)CCCOCCOCCNC(=O)c3ccc(C(=O)CCCOCCOCCNS(=O)(=O)c4ccc(C5CN(C)Cc6c(Cl)cc(Cl)cc65)cc4)cc3)cc2)C1.CN1Cc2c(Cl)cc(Cl)cc2C(c2ccc(S(=O)(=O)NCCOCCOCCCC(=O)CCCOCCOCCNS(=O)(=O)c3ccc(C4CN(C)Cc5c(Cl)cc(Cl)cc54)cc3)cc2)C1. The van der Waals surface area contributed by atoms with Gasteiger partial charge in [0.1, 0.15) is 5.78 Å². The van der Waals surface area contributed by atoms with E-state index in [1.54, 1.807) is 97.1 Å². The summed E-state index contributed by atoms with van der Waals surface area (Å²) in [5.74, 6) is -0.263. The van der Waals surface area contributed by atoms with Gasteiger partial charge < -0.3 is 62.8 Å². The standard InChI is InChI=1S/C54H62Cl4N4O10S2.C47H58Cl4N4O9S2/c1-61-33-47(45-29-41(55)31-51(57)49(45)35-61)37-10-14-43(15-11-37)73(65,66)28-4-21-70-25-26-71-22-18-59-54(64)40-8-6-39(7-9-40)53(63)5-3-20-69-24-27-72-23-19-60-74(67,68)44-16-12-38(13-17-44)48-34-62(2)36-50-46(48)30-42(56)32-52(50)58;1-54-29-42(40-25-35(48)27-46(50)44(40)31-54)33-7-11-38(12-8-33)65(57,58)52-15-19-63-23-21-61-17-3-5-37(56)6-4-18-62-22-24-64-20-16-53-66(59,60)39-13-9-34(10-14-39)43-30-55(2)32-45-41(43)26-36(49)28-47(45)51/h6-17,29-32,47-48,60H,3-5,18-28,33-36H2,1-2H3,(H,59,64);7-14,25-28,42-43,52-53H,3-6,15-24,29-32H2,1-2H3. The van der Waals surface area contributed by atoms with Crippen LogP contribution >= 0.6 is 92.8 Å². The Labute approximate surface area is 862 Å². The highest BCUT2D eigenvalue weighted by Crippen LogP contribution is 2.44. The molecule has 39 heteroatoms. The Balaban J connectivity index is 0.000000252. The van der Waals surface area contributed by atoms with Crippen LogP contribution in [0.2, 0.25) is 40.2 Å². The molecule has 0 aliphatic carbocycles. The summed E-state index contributed by atoms with van der Waals surface area (Å²) in [6.45, 7) is 11.0. The summed E-state index contributed by atoms with van der Waals surface area (Å²) in [5, 5.41) is 7.59. The Morgan fingerprint density at radius 2 is 0.564 bits per heavy atom. The number of carbonyl (C=O) groups is 3. The number of nitrogens with one attached hydrogen (secondary N) is 4. The number of nitrogens with zero attached hydrogens (tertiary/aromatic N) is 4. The zero-order valence-electron chi connectivity index (χ0n) is 78.6. The van der Waals surface area contributed by atoms with Gasteiger partial charge in [0.2, 0.25) is 30.1 Å². The van der Waals surface area contributed by atoms with Gasteiger partial charge in [-0.1, -0.05) is 153 Å². The predicted octanol–water partition coefficient (Wildman–Crippen LogP) is 17.0. The van der Waals surface area contributed by atoms with Gasteiger partial charge in [0, 0.05) is 199 Å². The summed E-state index contributed by atoms with van der Waals surface area (Å²) in [5.41, 5.74) is 13.2. The lowest BCUT2D eigenvalue weighted by atomic mass is 9.85. The topological polar surface area (TPSA) is 323 Å². The quantitative estimate of drug-likeness (QED) is 0.0203. The number of sulfone groups is 1. The van der Waals surface area contributed by atoms with Crippen molar-refractivity contribution in [2.75, 3.05) is 192 Å². The molecule has 9 aromatic rings. The van der Waals surface area contributed by atoms with E-state index in [1.165, 1.54) is 0 Å². The average molecular weight is 2160 g/mol. The number of hydrogen-bond donors (Lipinski definition) is 4. The Morgan fingerprint density at radius 3 is 0.864 bits per heavy atom. The van der Waals surface area contributed by atoms with Crippen LogP contribution < -0.4 is 19.5 Å². The molecule has 4 N–H and O–H groups in total. The lowest BCUT2D eigenvalue weighted by Crippen LogP contribution is -2.31. The maximum absolute atomic E-state index is 13.1. The van der Waals surface area contributed by atoms with E-state index in [0.717, 1.165) is 113 Å². The maximum atomic E-state index is 13.1. The predicted molar refractivity (Wildman–Crippen MR) is 549 cm³/mol. The van der Waals surface area contributed by atoms with Crippen LogP contribution in [0.1, 0.15) is 156 Å². The van der Waals surface area contributed by atoms with E-state index in [0.29, 0.717) is 143 Å². The van der Waals surface area contributed by atoms with Gasteiger partial charge >= 0.3 is 0 Å². The van der Waals surface area contributed by atoms with Crippen LogP contribution in [-0.4, -0.2) is 263 Å². The monoisotopic (exact) mass is 2160 g/mol. The van der Waals surface area contributed by atoms with Crippen molar-refractivity contribution in [1.29, 1.82) is 0 Å².